The lowest BCUT2D eigenvalue weighted by Gasteiger charge is -2.09. The number of Topliss-reactive ketones (excluding diaryl/α,β-unsaturated/α-hetero) is 1. The molecule has 7 heteroatoms. The van der Waals surface area contributed by atoms with Gasteiger partial charge < -0.3 is 23.7 Å². The van der Waals surface area contributed by atoms with Crippen LogP contribution in [0, 0.1) is 0 Å². The Labute approximate surface area is 156 Å². The molecule has 0 bridgehead atoms. The average Bonchev–Trinajstić information content (AvgIpc) is 3.17. The molecule has 2 aromatic rings. The van der Waals surface area contributed by atoms with Crippen molar-refractivity contribution in [2.45, 2.75) is 0 Å². The highest BCUT2D eigenvalue weighted by Gasteiger charge is 2.16. The second-order valence-corrected chi connectivity index (χ2v) is 5.54. The minimum absolute atomic E-state index is 0.181. The Balaban J connectivity index is 1.59. The molecule has 0 unspecified atom stereocenters. The van der Waals surface area contributed by atoms with Crippen LogP contribution in [0.1, 0.15) is 15.9 Å². The average molecular weight is 370 g/mol. The van der Waals surface area contributed by atoms with Gasteiger partial charge in [0.2, 0.25) is 12.6 Å². The van der Waals surface area contributed by atoms with Crippen LogP contribution in [-0.2, 0) is 9.53 Å². The zero-order valence-corrected chi connectivity index (χ0v) is 14.9. The molecule has 0 radical (unpaired) electrons. The van der Waals surface area contributed by atoms with E-state index < -0.39 is 18.4 Å². The van der Waals surface area contributed by atoms with Gasteiger partial charge in [-0.1, -0.05) is 6.07 Å². The van der Waals surface area contributed by atoms with Crippen LogP contribution in [0.15, 0.2) is 42.5 Å². The first kappa shape index (κ1) is 18.3. The van der Waals surface area contributed by atoms with Gasteiger partial charge in [0.1, 0.15) is 11.5 Å². The second-order valence-electron chi connectivity index (χ2n) is 5.54. The van der Waals surface area contributed by atoms with E-state index in [1.165, 1.54) is 26.4 Å². The van der Waals surface area contributed by atoms with E-state index in [0.29, 0.717) is 23.0 Å². The molecule has 27 heavy (non-hydrogen) atoms. The van der Waals surface area contributed by atoms with E-state index in [4.69, 9.17) is 23.7 Å². The van der Waals surface area contributed by atoms with E-state index in [1.54, 1.807) is 36.4 Å². The number of rotatable bonds is 7. The maximum absolute atomic E-state index is 12.3. The highest BCUT2D eigenvalue weighted by molar-refractivity contribution is 6.01. The quantitative estimate of drug-likeness (QED) is 0.421. The minimum Gasteiger partial charge on any atom is -0.497 e. The molecule has 0 saturated carbocycles. The number of benzene rings is 2. The van der Waals surface area contributed by atoms with E-state index in [1.807, 2.05) is 0 Å². The monoisotopic (exact) mass is 370 g/mol. The highest BCUT2D eigenvalue weighted by atomic mass is 16.7. The van der Waals surface area contributed by atoms with Gasteiger partial charge in [-0.15, -0.1) is 0 Å². The molecule has 0 atom stereocenters. The molecule has 0 spiro atoms. The zero-order valence-electron chi connectivity index (χ0n) is 14.9. The van der Waals surface area contributed by atoms with Gasteiger partial charge in [0.15, 0.2) is 18.1 Å². The van der Waals surface area contributed by atoms with Crippen molar-refractivity contribution in [3.05, 3.63) is 53.6 Å². The molecule has 0 aromatic heterocycles. The van der Waals surface area contributed by atoms with Crippen LogP contribution >= 0.6 is 0 Å². The number of carbonyl (C=O) groups excluding carboxylic acids is 2. The summed E-state index contributed by atoms with van der Waals surface area (Å²) in [5.74, 6) is 1.14. The number of esters is 1. The van der Waals surface area contributed by atoms with Crippen LogP contribution in [-0.4, -0.2) is 39.4 Å². The summed E-state index contributed by atoms with van der Waals surface area (Å²) >= 11 is 0. The van der Waals surface area contributed by atoms with Gasteiger partial charge >= 0.3 is 5.97 Å². The van der Waals surface area contributed by atoms with Crippen molar-refractivity contribution in [2.24, 2.45) is 0 Å². The van der Waals surface area contributed by atoms with Crippen LogP contribution in [0.25, 0.3) is 6.08 Å². The molecule has 7 nitrogen and oxygen atoms in total. The Morgan fingerprint density at radius 3 is 2.63 bits per heavy atom. The third-order valence-electron chi connectivity index (χ3n) is 3.86. The molecule has 1 aliphatic heterocycles. The van der Waals surface area contributed by atoms with Gasteiger partial charge in [-0.25, -0.2) is 4.79 Å². The largest absolute Gasteiger partial charge is 0.497 e. The summed E-state index contributed by atoms with van der Waals surface area (Å²) in [5.41, 5.74) is 1.03. The summed E-state index contributed by atoms with van der Waals surface area (Å²) in [6, 6.07) is 10.1. The Bertz CT molecular complexity index is 886. The molecule has 1 aliphatic rings. The third-order valence-corrected chi connectivity index (χ3v) is 3.86. The van der Waals surface area contributed by atoms with Crippen molar-refractivity contribution in [1.29, 1.82) is 0 Å². The first-order valence-electron chi connectivity index (χ1n) is 8.10. The molecule has 0 aliphatic carbocycles. The van der Waals surface area contributed by atoms with E-state index in [-0.39, 0.29) is 12.4 Å². The predicted octanol–water partition coefficient (Wildman–Crippen LogP) is 2.87. The molecule has 0 N–H and O–H groups in total. The van der Waals surface area contributed by atoms with Crippen molar-refractivity contribution in [1.82, 2.24) is 0 Å². The number of fused-ring (bicyclic) bond motifs is 1. The Morgan fingerprint density at radius 1 is 1.04 bits per heavy atom. The fourth-order valence-electron chi connectivity index (χ4n) is 2.48. The molecule has 140 valence electrons. The topological polar surface area (TPSA) is 80.3 Å². The van der Waals surface area contributed by atoms with Gasteiger partial charge in [-0.2, -0.15) is 0 Å². The maximum Gasteiger partial charge on any atom is 0.331 e. The summed E-state index contributed by atoms with van der Waals surface area (Å²) in [6.45, 7) is -0.228. The molecule has 1 heterocycles. The van der Waals surface area contributed by atoms with E-state index in [9.17, 15) is 9.59 Å². The lowest BCUT2D eigenvalue weighted by molar-refractivity contribution is -0.136. The second kappa shape index (κ2) is 8.27. The van der Waals surface area contributed by atoms with E-state index in [0.717, 1.165) is 5.56 Å². The van der Waals surface area contributed by atoms with Gasteiger partial charge in [0.25, 0.3) is 0 Å². The van der Waals surface area contributed by atoms with Crippen molar-refractivity contribution in [3.63, 3.8) is 0 Å². The third kappa shape index (κ3) is 4.38. The zero-order chi connectivity index (χ0) is 19.2. The normalized spacial score (nSPS) is 12.1. The van der Waals surface area contributed by atoms with Crippen LogP contribution < -0.4 is 18.9 Å². The lowest BCUT2D eigenvalue weighted by atomic mass is 10.1. The smallest absolute Gasteiger partial charge is 0.331 e. The molecule has 2 aromatic carbocycles. The van der Waals surface area contributed by atoms with Crippen LogP contribution in [0.4, 0.5) is 0 Å². The summed E-state index contributed by atoms with van der Waals surface area (Å²) in [6.07, 6.45) is 2.81. The van der Waals surface area contributed by atoms with Gasteiger partial charge in [0.05, 0.1) is 19.8 Å². The predicted molar refractivity (Wildman–Crippen MR) is 96.4 cm³/mol. The van der Waals surface area contributed by atoms with Crippen LogP contribution in [0.2, 0.25) is 0 Å². The van der Waals surface area contributed by atoms with E-state index >= 15 is 0 Å². The van der Waals surface area contributed by atoms with Crippen LogP contribution in [0.5, 0.6) is 23.0 Å². The summed E-state index contributed by atoms with van der Waals surface area (Å²) < 4.78 is 25.8. The lowest BCUT2D eigenvalue weighted by Crippen LogP contribution is -2.13. The standard InChI is InChI=1S/C20H18O7/c1-23-14-5-7-17(24-2)15(10-14)16(21)11-25-20(22)8-4-13-3-6-18-19(9-13)27-12-26-18/h3-10H,11-12H2,1-2H3/b8-4+. The molecule has 0 amide bonds. The molecular formula is C20H18O7. The Kier molecular flexibility index (Phi) is 5.61. The van der Waals surface area contributed by atoms with Crippen LogP contribution in [0.3, 0.4) is 0 Å². The minimum atomic E-state index is -0.636. The number of hydrogen-bond acceptors (Lipinski definition) is 7. The van der Waals surface area contributed by atoms with Crippen molar-refractivity contribution < 1.29 is 33.3 Å². The number of carbonyl (C=O) groups is 2. The first-order valence-corrected chi connectivity index (χ1v) is 8.10. The fraction of sp³-hybridized carbons (Fsp3) is 0.200. The SMILES string of the molecule is COc1ccc(OC)c(C(=O)COC(=O)/C=C/c2ccc3c(c2)OCO3)c1. The molecular weight excluding hydrogens is 352 g/mol. The summed E-state index contributed by atoms with van der Waals surface area (Å²) in [7, 11) is 2.95. The Hall–Kier alpha value is -3.48. The molecule has 0 fully saturated rings. The van der Waals surface area contributed by atoms with E-state index in [2.05, 4.69) is 0 Å². The fourth-order valence-corrected chi connectivity index (χ4v) is 2.48. The number of ketones is 1. The highest BCUT2D eigenvalue weighted by Crippen LogP contribution is 2.32. The van der Waals surface area contributed by atoms with Gasteiger partial charge in [-0.05, 0) is 42.0 Å². The number of methoxy groups -OCH3 is 2. The first-order chi connectivity index (χ1) is 13.1. The van der Waals surface area contributed by atoms with Crippen molar-refractivity contribution in [2.75, 3.05) is 27.6 Å². The number of hydrogen-bond donors (Lipinski definition) is 0. The Morgan fingerprint density at radius 2 is 1.85 bits per heavy atom. The van der Waals surface area contributed by atoms with Gasteiger partial charge in [-0.3, -0.25) is 4.79 Å². The van der Waals surface area contributed by atoms with Crippen molar-refractivity contribution in [3.8, 4) is 23.0 Å². The summed E-state index contributed by atoms with van der Waals surface area (Å²) in [4.78, 5) is 24.2. The van der Waals surface area contributed by atoms with Gasteiger partial charge in [0, 0.05) is 6.08 Å². The van der Waals surface area contributed by atoms with Crippen molar-refractivity contribution >= 4 is 17.8 Å². The maximum atomic E-state index is 12.3. The molecule has 3 rings (SSSR count). The number of ether oxygens (including phenoxy) is 5. The summed E-state index contributed by atoms with van der Waals surface area (Å²) in [5, 5.41) is 0. The molecule has 0 saturated heterocycles.